The summed E-state index contributed by atoms with van der Waals surface area (Å²) in [6.07, 6.45) is 0. The summed E-state index contributed by atoms with van der Waals surface area (Å²) in [5.74, 6) is 0.713. The second-order valence-corrected chi connectivity index (χ2v) is 7.48. The van der Waals surface area contributed by atoms with E-state index in [0.717, 1.165) is 15.3 Å². The number of nitrogens with two attached hydrogens (primary N) is 1. The SMILES string of the molecule is COC[C@@H](C)[NH2+][C@@H](C)c1nc2scc(-c3cccs3)c2c(=O)[nH]1. The maximum Gasteiger partial charge on any atom is 0.260 e. The second kappa shape index (κ2) is 6.92. The zero-order valence-electron chi connectivity index (χ0n) is 13.3. The quantitative estimate of drug-likeness (QED) is 0.717. The molecule has 0 aliphatic heterocycles. The van der Waals surface area contributed by atoms with Gasteiger partial charge in [0.2, 0.25) is 0 Å². The van der Waals surface area contributed by atoms with Gasteiger partial charge in [-0.05, 0) is 25.3 Å². The van der Waals surface area contributed by atoms with Crippen molar-refractivity contribution in [1.82, 2.24) is 9.97 Å². The average molecular weight is 350 g/mol. The molecule has 5 nitrogen and oxygen atoms in total. The number of fused-ring (bicyclic) bond motifs is 1. The highest BCUT2D eigenvalue weighted by Crippen LogP contribution is 2.33. The summed E-state index contributed by atoms with van der Waals surface area (Å²) < 4.78 is 5.16. The van der Waals surface area contributed by atoms with Gasteiger partial charge in [-0.2, -0.15) is 0 Å². The molecule has 0 aliphatic carbocycles. The first-order valence-corrected chi connectivity index (χ1v) is 9.25. The molecular formula is C16H20N3O2S2+. The summed E-state index contributed by atoms with van der Waals surface area (Å²) in [5, 5.41) is 6.88. The Kier molecular flexibility index (Phi) is 4.91. The van der Waals surface area contributed by atoms with Crippen molar-refractivity contribution < 1.29 is 10.1 Å². The van der Waals surface area contributed by atoms with Crippen molar-refractivity contribution in [2.75, 3.05) is 13.7 Å². The van der Waals surface area contributed by atoms with Gasteiger partial charge < -0.3 is 15.0 Å². The Morgan fingerprint density at radius 1 is 1.39 bits per heavy atom. The van der Waals surface area contributed by atoms with E-state index in [1.807, 2.05) is 29.8 Å². The van der Waals surface area contributed by atoms with Crippen LogP contribution in [0.4, 0.5) is 0 Å². The van der Waals surface area contributed by atoms with Crippen molar-refractivity contribution in [3.8, 4) is 10.4 Å². The number of aromatic nitrogens is 2. The van der Waals surface area contributed by atoms with Crippen molar-refractivity contribution in [1.29, 1.82) is 0 Å². The number of H-pyrrole nitrogens is 1. The highest BCUT2D eigenvalue weighted by molar-refractivity contribution is 7.18. The number of rotatable bonds is 6. The first-order valence-electron chi connectivity index (χ1n) is 7.49. The summed E-state index contributed by atoms with van der Waals surface area (Å²) in [5.41, 5.74) is 0.916. The minimum Gasteiger partial charge on any atom is -0.379 e. The molecule has 3 aromatic heterocycles. The van der Waals surface area contributed by atoms with Crippen molar-refractivity contribution in [3.05, 3.63) is 39.1 Å². The van der Waals surface area contributed by atoms with Crippen LogP contribution in [0.5, 0.6) is 0 Å². The number of aromatic amines is 1. The monoisotopic (exact) mass is 350 g/mol. The van der Waals surface area contributed by atoms with Crippen LogP contribution in [0.2, 0.25) is 0 Å². The van der Waals surface area contributed by atoms with Gasteiger partial charge in [-0.25, -0.2) is 4.98 Å². The van der Waals surface area contributed by atoms with Crippen LogP contribution in [-0.4, -0.2) is 29.7 Å². The Hall–Kier alpha value is -1.54. The fraction of sp³-hybridized carbons (Fsp3) is 0.375. The van der Waals surface area contributed by atoms with Gasteiger partial charge in [0.05, 0.1) is 12.0 Å². The lowest BCUT2D eigenvalue weighted by atomic mass is 10.2. The van der Waals surface area contributed by atoms with Crippen LogP contribution in [0.15, 0.2) is 27.7 Å². The van der Waals surface area contributed by atoms with Crippen LogP contribution < -0.4 is 10.9 Å². The molecule has 0 aliphatic rings. The van der Waals surface area contributed by atoms with E-state index in [4.69, 9.17) is 4.74 Å². The zero-order chi connectivity index (χ0) is 16.4. The molecule has 122 valence electrons. The Bertz CT molecular complexity index is 839. The van der Waals surface area contributed by atoms with Gasteiger partial charge in [-0.1, -0.05) is 6.07 Å². The molecule has 2 atom stereocenters. The molecule has 0 unspecified atom stereocenters. The summed E-state index contributed by atoms with van der Waals surface area (Å²) >= 11 is 3.16. The lowest BCUT2D eigenvalue weighted by Gasteiger charge is -2.15. The predicted octanol–water partition coefficient (Wildman–Crippen LogP) is 2.37. The molecule has 3 aromatic rings. The Balaban J connectivity index is 1.95. The smallest absolute Gasteiger partial charge is 0.260 e. The van der Waals surface area contributed by atoms with Crippen molar-refractivity contribution in [2.45, 2.75) is 25.9 Å². The molecule has 0 bridgehead atoms. The van der Waals surface area contributed by atoms with Gasteiger partial charge in [-0.3, -0.25) is 4.79 Å². The largest absolute Gasteiger partial charge is 0.379 e. The number of nitrogens with one attached hydrogen (secondary N) is 1. The highest BCUT2D eigenvalue weighted by Gasteiger charge is 2.19. The summed E-state index contributed by atoms with van der Waals surface area (Å²) in [7, 11) is 1.69. The number of hydrogen-bond donors (Lipinski definition) is 2. The van der Waals surface area contributed by atoms with Crippen molar-refractivity contribution in [3.63, 3.8) is 0 Å². The van der Waals surface area contributed by atoms with Gasteiger partial charge in [0, 0.05) is 22.9 Å². The maximum absolute atomic E-state index is 12.6. The Morgan fingerprint density at radius 2 is 2.22 bits per heavy atom. The van der Waals surface area contributed by atoms with E-state index in [1.54, 1.807) is 18.4 Å². The summed E-state index contributed by atoms with van der Waals surface area (Å²) in [4.78, 5) is 22.1. The van der Waals surface area contributed by atoms with Gasteiger partial charge in [0.1, 0.15) is 16.9 Å². The minimum atomic E-state index is -0.0608. The number of nitrogens with zero attached hydrogens (tertiary/aromatic N) is 1. The molecule has 23 heavy (non-hydrogen) atoms. The summed E-state index contributed by atoms with van der Waals surface area (Å²) in [6.45, 7) is 4.80. The third-order valence-electron chi connectivity index (χ3n) is 3.73. The van der Waals surface area contributed by atoms with Crippen LogP contribution in [0, 0.1) is 0 Å². The zero-order valence-corrected chi connectivity index (χ0v) is 15.0. The fourth-order valence-electron chi connectivity index (χ4n) is 2.70. The maximum atomic E-state index is 12.6. The normalized spacial score (nSPS) is 14.2. The molecular weight excluding hydrogens is 330 g/mol. The van der Waals surface area contributed by atoms with Crippen LogP contribution >= 0.6 is 22.7 Å². The lowest BCUT2D eigenvalue weighted by Crippen LogP contribution is -2.90. The van der Waals surface area contributed by atoms with E-state index in [0.29, 0.717) is 23.9 Å². The standard InChI is InChI=1S/C16H19N3O2S2/c1-9(7-21-3)17-10(2)14-18-15(20)13-11(8-23-16(13)19-14)12-5-4-6-22-12/h4-6,8-10,17H,7H2,1-3H3,(H,18,19,20)/p+1/t9-,10+/m1/s1. The van der Waals surface area contributed by atoms with Crippen molar-refractivity contribution in [2.24, 2.45) is 0 Å². The molecule has 3 rings (SSSR count). The lowest BCUT2D eigenvalue weighted by molar-refractivity contribution is -0.724. The summed E-state index contributed by atoms with van der Waals surface area (Å²) in [6, 6.07) is 4.40. The molecule has 7 heteroatoms. The number of quaternary nitrogens is 1. The van der Waals surface area contributed by atoms with Crippen molar-refractivity contribution >= 4 is 32.9 Å². The minimum absolute atomic E-state index is 0.0608. The molecule has 0 radical (unpaired) electrons. The van der Waals surface area contributed by atoms with Gasteiger partial charge in [-0.15, -0.1) is 22.7 Å². The second-order valence-electron chi connectivity index (χ2n) is 5.67. The third-order valence-corrected chi connectivity index (χ3v) is 5.50. The van der Waals surface area contributed by atoms with E-state index in [1.165, 1.54) is 11.3 Å². The van der Waals surface area contributed by atoms with Crippen LogP contribution in [-0.2, 0) is 4.74 Å². The molecule has 0 saturated carbocycles. The predicted molar refractivity (Wildman–Crippen MR) is 95.2 cm³/mol. The number of thiophene rings is 2. The van der Waals surface area contributed by atoms with Crippen LogP contribution in [0.25, 0.3) is 20.7 Å². The number of hydrogen-bond acceptors (Lipinski definition) is 5. The molecule has 3 N–H and O–H groups in total. The van der Waals surface area contributed by atoms with Gasteiger partial charge in [0.25, 0.3) is 5.56 Å². The van der Waals surface area contributed by atoms with Crippen LogP contribution in [0.3, 0.4) is 0 Å². The molecule has 0 amide bonds. The molecule has 3 heterocycles. The van der Waals surface area contributed by atoms with E-state index in [9.17, 15) is 4.79 Å². The number of ether oxygens (including phenoxy) is 1. The molecule has 0 fully saturated rings. The third kappa shape index (κ3) is 3.37. The Labute approximate surface area is 142 Å². The highest BCUT2D eigenvalue weighted by atomic mass is 32.1. The van der Waals surface area contributed by atoms with E-state index >= 15 is 0 Å². The first-order chi connectivity index (χ1) is 11.1. The number of methoxy groups -OCH3 is 1. The van der Waals surface area contributed by atoms with E-state index < -0.39 is 0 Å². The van der Waals surface area contributed by atoms with Gasteiger partial charge >= 0.3 is 0 Å². The molecule has 0 aromatic carbocycles. The fourth-order valence-corrected chi connectivity index (χ4v) is 4.47. The van der Waals surface area contributed by atoms with E-state index in [2.05, 4.69) is 22.2 Å². The van der Waals surface area contributed by atoms with Gasteiger partial charge in [0.15, 0.2) is 5.82 Å². The topological polar surface area (TPSA) is 71.6 Å². The van der Waals surface area contributed by atoms with E-state index in [-0.39, 0.29) is 11.6 Å². The molecule has 0 saturated heterocycles. The Morgan fingerprint density at radius 3 is 2.91 bits per heavy atom. The van der Waals surface area contributed by atoms with Crippen LogP contribution in [0.1, 0.15) is 25.7 Å². The molecule has 0 spiro atoms. The average Bonchev–Trinajstić information content (AvgIpc) is 3.15. The first kappa shape index (κ1) is 16.3.